The molecule has 0 unspecified atom stereocenters. The zero-order chi connectivity index (χ0) is 12.9. The van der Waals surface area contributed by atoms with E-state index in [1.807, 2.05) is 12.3 Å². The highest BCUT2D eigenvalue weighted by Gasteiger charge is 2.27. The number of benzene rings is 1. The SMILES string of the molecule is CSc1cccc(NC(=O)CCC(F)(F)F)c1. The van der Waals surface area contributed by atoms with Gasteiger partial charge >= 0.3 is 6.18 Å². The van der Waals surface area contributed by atoms with Crippen molar-refractivity contribution in [2.24, 2.45) is 0 Å². The third kappa shape index (κ3) is 5.63. The number of anilines is 1. The summed E-state index contributed by atoms with van der Waals surface area (Å²) in [5.74, 6) is -0.624. The first-order chi connectivity index (χ1) is 7.90. The molecular weight excluding hydrogens is 251 g/mol. The van der Waals surface area contributed by atoms with E-state index in [9.17, 15) is 18.0 Å². The van der Waals surface area contributed by atoms with Crippen molar-refractivity contribution in [2.75, 3.05) is 11.6 Å². The van der Waals surface area contributed by atoms with Gasteiger partial charge in [-0.1, -0.05) is 6.07 Å². The molecule has 1 N–H and O–H groups in total. The number of nitrogens with one attached hydrogen (secondary N) is 1. The second-order valence-corrected chi connectivity index (χ2v) is 4.27. The molecule has 0 fully saturated rings. The monoisotopic (exact) mass is 263 g/mol. The van der Waals surface area contributed by atoms with Gasteiger partial charge < -0.3 is 5.32 Å². The van der Waals surface area contributed by atoms with Crippen LogP contribution in [0.3, 0.4) is 0 Å². The topological polar surface area (TPSA) is 29.1 Å². The highest BCUT2D eigenvalue weighted by molar-refractivity contribution is 7.98. The van der Waals surface area contributed by atoms with E-state index >= 15 is 0 Å². The van der Waals surface area contributed by atoms with Crippen molar-refractivity contribution in [3.63, 3.8) is 0 Å². The summed E-state index contributed by atoms with van der Waals surface area (Å²) in [7, 11) is 0. The fourth-order valence-corrected chi connectivity index (χ4v) is 1.64. The van der Waals surface area contributed by atoms with Gasteiger partial charge in [0, 0.05) is 17.0 Å². The summed E-state index contributed by atoms with van der Waals surface area (Å²) in [6, 6.07) is 6.96. The molecule has 1 aromatic rings. The van der Waals surface area contributed by atoms with Crippen molar-refractivity contribution < 1.29 is 18.0 Å². The molecular formula is C11H12F3NOS. The predicted molar refractivity (Wildman–Crippen MR) is 62.1 cm³/mol. The molecule has 0 aromatic heterocycles. The van der Waals surface area contributed by atoms with Crippen LogP contribution in [-0.4, -0.2) is 18.3 Å². The van der Waals surface area contributed by atoms with Crippen LogP contribution in [0.15, 0.2) is 29.2 Å². The minimum atomic E-state index is -4.29. The molecule has 0 aliphatic heterocycles. The van der Waals surface area contributed by atoms with Gasteiger partial charge in [0.15, 0.2) is 0 Å². The van der Waals surface area contributed by atoms with E-state index < -0.39 is 24.9 Å². The highest BCUT2D eigenvalue weighted by atomic mass is 32.2. The van der Waals surface area contributed by atoms with Crippen LogP contribution in [0.1, 0.15) is 12.8 Å². The van der Waals surface area contributed by atoms with Gasteiger partial charge in [0.2, 0.25) is 5.91 Å². The second-order valence-electron chi connectivity index (χ2n) is 3.40. The Labute approximate surface area is 102 Å². The van der Waals surface area contributed by atoms with Crippen molar-refractivity contribution in [3.8, 4) is 0 Å². The van der Waals surface area contributed by atoms with E-state index in [2.05, 4.69) is 5.32 Å². The molecule has 0 atom stereocenters. The Kier molecular flexibility index (Phi) is 4.86. The quantitative estimate of drug-likeness (QED) is 0.839. The molecule has 0 heterocycles. The molecule has 0 aliphatic rings. The fourth-order valence-electron chi connectivity index (χ4n) is 1.18. The summed E-state index contributed by atoms with van der Waals surface area (Å²) in [5.41, 5.74) is 0.518. The van der Waals surface area contributed by atoms with Gasteiger partial charge in [-0.15, -0.1) is 11.8 Å². The Morgan fingerprint density at radius 2 is 2.12 bits per heavy atom. The number of hydrogen-bond donors (Lipinski definition) is 1. The summed E-state index contributed by atoms with van der Waals surface area (Å²) in [5, 5.41) is 2.44. The predicted octanol–water partition coefficient (Wildman–Crippen LogP) is 3.69. The van der Waals surface area contributed by atoms with E-state index in [4.69, 9.17) is 0 Å². The minimum absolute atomic E-state index is 0.518. The number of thioether (sulfide) groups is 1. The largest absolute Gasteiger partial charge is 0.389 e. The summed E-state index contributed by atoms with van der Waals surface area (Å²) < 4.78 is 35.7. The van der Waals surface area contributed by atoms with Gasteiger partial charge in [-0.25, -0.2) is 0 Å². The Balaban J connectivity index is 2.50. The van der Waals surface area contributed by atoms with E-state index in [0.717, 1.165) is 4.90 Å². The van der Waals surface area contributed by atoms with E-state index in [-0.39, 0.29) is 0 Å². The number of rotatable bonds is 4. The van der Waals surface area contributed by atoms with Crippen LogP contribution in [0.25, 0.3) is 0 Å². The van der Waals surface area contributed by atoms with Crippen LogP contribution in [0.4, 0.5) is 18.9 Å². The number of hydrogen-bond acceptors (Lipinski definition) is 2. The summed E-state index contributed by atoms with van der Waals surface area (Å²) >= 11 is 1.50. The van der Waals surface area contributed by atoms with Gasteiger partial charge in [0.25, 0.3) is 0 Å². The smallest absolute Gasteiger partial charge is 0.326 e. The maximum absolute atomic E-state index is 11.9. The molecule has 94 valence electrons. The molecule has 0 saturated heterocycles. The van der Waals surface area contributed by atoms with Crippen molar-refractivity contribution in [2.45, 2.75) is 23.9 Å². The summed E-state index contributed by atoms with van der Waals surface area (Å²) in [4.78, 5) is 12.2. The van der Waals surface area contributed by atoms with Gasteiger partial charge in [-0.05, 0) is 24.5 Å². The molecule has 6 heteroatoms. The molecule has 0 bridgehead atoms. The van der Waals surface area contributed by atoms with Gasteiger partial charge in [-0.3, -0.25) is 4.79 Å². The zero-order valence-corrected chi connectivity index (χ0v) is 9.99. The van der Waals surface area contributed by atoms with Gasteiger partial charge in [0.1, 0.15) is 0 Å². The average molecular weight is 263 g/mol. The normalized spacial score (nSPS) is 11.3. The van der Waals surface area contributed by atoms with Crippen molar-refractivity contribution in [1.29, 1.82) is 0 Å². The Bertz CT molecular complexity index is 393. The molecule has 1 rings (SSSR count). The molecule has 0 saturated carbocycles. The summed E-state index contributed by atoms with van der Waals surface area (Å²) in [6.07, 6.45) is -4.06. The first kappa shape index (κ1) is 13.9. The minimum Gasteiger partial charge on any atom is -0.326 e. The zero-order valence-electron chi connectivity index (χ0n) is 9.17. The molecule has 0 aliphatic carbocycles. The number of amides is 1. The van der Waals surface area contributed by atoms with Gasteiger partial charge in [0.05, 0.1) is 6.42 Å². The molecule has 1 aromatic carbocycles. The Morgan fingerprint density at radius 3 is 2.71 bits per heavy atom. The number of carbonyl (C=O) groups excluding carboxylic acids is 1. The highest BCUT2D eigenvalue weighted by Crippen LogP contribution is 2.22. The first-order valence-corrected chi connectivity index (χ1v) is 6.14. The van der Waals surface area contributed by atoms with Crippen LogP contribution in [0.2, 0.25) is 0 Å². The van der Waals surface area contributed by atoms with Crippen molar-refractivity contribution in [1.82, 2.24) is 0 Å². The van der Waals surface area contributed by atoms with Crippen LogP contribution in [-0.2, 0) is 4.79 Å². The molecule has 1 amide bonds. The lowest BCUT2D eigenvalue weighted by Gasteiger charge is -2.08. The van der Waals surface area contributed by atoms with Crippen LogP contribution < -0.4 is 5.32 Å². The lowest BCUT2D eigenvalue weighted by atomic mass is 10.2. The Morgan fingerprint density at radius 1 is 1.41 bits per heavy atom. The standard InChI is InChI=1S/C11H12F3NOS/c1-17-9-4-2-3-8(7-9)15-10(16)5-6-11(12,13)14/h2-4,7H,5-6H2,1H3,(H,15,16). The summed E-state index contributed by atoms with van der Waals surface area (Å²) in [6.45, 7) is 0. The lowest BCUT2D eigenvalue weighted by molar-refractivity contribution is -0.142. The van der Waals surface area contributed by atoms with Crippen molar-refractivity contribution >= 4 is 23.4 Å². The number of halogens is 3. The van der Waals surface area contributed by atoms with E-state index in [1.54, 1.807) is 18.2 Å². The molecule has 0 spiro atoms. The maximum atomic E-state index is 11.9. The third-order valence-corrected chi connectivity index (χ3v) is 2.71. The third-order valence-electron chi connectivity index (χ3n) is 1.99. The van der Waals surface area contributed by atoms with Crippen LogP contribution in [0.5, 0.6) is 0 Å². The maximum Gasteiger partial charge on any atom is 0.389 e. The first-order valence-electron chi connectivity index (χ1n) is 4.91. The average Bonchev–Trinajstić information content (AvgIpc) is 2.26. The van der Waals surface area contributed by atoms with Crippen LogP contribution >= 0.6 is 11.8 Å². The number of carbonyl (C=O) groups is 1. The lowest BCUT2D eigenvalue weighted by Crippen LogP contribution is -2.16. The van der Waals surface area contributed by atoms with E-state index in [1.165, 1.54) is 11.8 Å². The van der Waals surface area contributed by atoms with E-state index in [0.29, 0.717) is 5.69 Å². The molecule has 2 nitrogen and oxygen atoms in total. The van der Waals surface area contributed by atoms with Crippen LogP contribution in [0, 0.1) is 0 Å². The van der Waals surface area contributed by atoms with Crippen molar-refractivity contribution in [3.05, 3.63) is 24.3 Å². The Hall–Kier alpha value is -1.17. The van der Waals surface area contributed by atoms with Gasteiger partial charge in [-0.2, -0.15) is 13.2 Å². The fraction of sp³-hybridized carbons (Fsp3) is 0.364. The second kappa shape index (κ2) is 5.95. The molecule has 0 radical (unpaired) electrons. The number of alkyl halides is 3. The molecule has 17 heavy (non-hydrogen) atoms.